The highest BCUT2D eigenvalue weighted by atomic mass is 16.1. The summed E-state index contributed by atoms with van der Waals surface area (Å²) >= 11 is 0. The second-order valence-electron chi connectivity index (χ2n) is 6.14. The number of hydrogen-bond acceptors (Lipinski definition) is 1. The molecule has 0 unspecified atom stereocenters. The third-order valence-corrected chi connectivity index (χ3v) is 4.10. The zero-order valence-electron chi connectivity index (χ0n) is 14.0. The molecule has 0 saturated carbocycles. The van der Waals surface area contributed by atoms with Gasteiger partial charge in [-0.1, -0.05) is 74.5 Å². The van der Waals surface area contributed by atoms with Gasteiger partial charge in [-0.25, -0.2) is 0 Å². The van der Waals surface area contributed by atoms with E-state index in [4.69, 9.17) is 0 Å². The van der Waals surface area contributed by atoms with Gasteiger partial charge in [-0.3, -0.25) is 4.79 Å². The van der Waals surface area contributed by atoms with E-state index in [1.165, 1.54) is 5.56 Å². The summed E-state index contributed by atoms with van der Waals surface area (Å²) in [6, 6.07) is 25.7. The Morgan fingerprint density at radius 1 is 0.792 bits per heavy atom. The van der Waals surface area contributed by atoms with Crippen LogP contribution in [-0.2, 0) is 0 Å². The van der Waals surface area contributed by atoms with Gasteiger partial charge in [0.25, 0.3) is 5.91 Å². The molecule has 0 aromatic heterocycles. The fourth-order valence-electron chi connectivity index (χ4n) is 2.68. The van der Waals surface area contributed by atoms with E-state index in [2.05, 4.69) is 19.2 Å². The second-order valence-corrected chi connectivity index (χ2v) is 6.14. The summed E-state index contributed by atoms with van der Waals surface area (Å²) in [6.45, 7) is 4.29. The van der Waals surface area contributed by atoms with Crippen LogP contribution in [-0.4, -0.2) is 5.91 Å². The van der Waals surface area contributed by atoms with Crippen LogP contribution in [0.1, 0.15) is 35.7 Å². The number of carbonyl (C=O) groups excluding carboxylic acids is 1. The number of hydrogen-bond donors (Lipinski definition) is 1. The summed E-state index contributed by atoms with van der Waals surface area (Å²) in [5.41, 5.74) is 4.83. The van der Waals surface area contributed by atoms with Crippen LogP contribution in [0.2, 0.25) is 0 Å². The van der Waals surface area contributed by atoms with Crippen molar-refractivity contribution in [3.63, 3.8) is 0 Å². The molecule has 2 heteroatoms. The lowest BCUT2D eigenvalue weighted by Crippen LogP contribution is -2.12. The van der Waals surface area contributed by atoms with E-state index in [1.807, 2.05) is 78.9 Å². The SMILES string of the molecule is CC(C)c1ccc(C(=O)Nc2ccccc2-c2ccccc2)cc1. The van der Waals surface area contributed by atoms with Gasteiger partial charge < -0.3 is 5.32 Å². The quantitative estimate of drug-likeness (QED) is 0.654. The minimum absolute atomic E-state index is 0.0892. The van der Waals surface area contributed by atoms with E-state index in [0.717, 1.165) is 16.8 Å². The number of benzene rings is 3. The minimum atomic E-state index is -0.0892. The van der Waals surface area contributed by atoms with Gasteiger partial charge in [-0.15, -0.1) is 0 Å². The Bertz CT molecular complexity index is 820. The van der Waals surface area contributed by atoms with E-state index in [-0.39, 0.29) is 5.91 Å². The van der Waals surface area contributed by atoms with Gasteiger partial charge >= 0.3 is 0 Å². The summed E-state index contributed by atoms with van der Waals surface area (Å²) in [6.07, 6.45) is 0. The molecule has 0 bridgehead atoms. The number of para-hydroxylation sites is 1. The molecule has 1 amide bonds. The standard InChI is InChI=1S/C22H21NO/c1-16(2)17-12-14-19(15-13-17)22(24)23-21-11-7-6-10-20(21)18-8-4-3-5-9-18/h3-16H,1-2H3,(H,23,24). The number of nitrogens with one attached hydrogen (secondary N) is 1. The first kappa shape index (κ1) is 16.0. The van der Waals surface area contributed by atoms with Crippen molar-refractivity contribution in [2.24, 2.45) is 0 Å². The van der Waals surface area contributed by atoms with Crippen LogP contribution in [0.25, 0.3) is 11.1 Å². The lowest BCUT2D eigenvalue weighted by atomic mass is 10.0. The number of anilines is 1. The van der Waals surface area contributed by atoms with Crippen LogP contribution < -0.4 is 5.32 Å². The summed E-state index contributed by atoms with van der Waals surface area (Å²) in [4.78, 5) is 12.6. The van der Waals surface area contributed by atoms with Crippen LogP contribution >= 0.6 is 0 Å². The Kier molecular flexibility index (Phi) is 4.76. The monoisotopic (exact) mass is 315 g/mol. The molecule has 0 spiro atoms. The third-order valence-electron chi connectivity index (χ3n) is 4.10. The molecular formula is C22H21NO. The van der Waals surface area contributed by atoms with Gasteiger partial charge in [-0.2, -0.15) is 0 Å². The predicted molar refractivity (Wildman–Crippen MR) is 100 cm³/mol. The van der Waals surface area contributed by atoms with Crippen molar-refractivity contribution >= 4 is 11.6 Å². The van der Waals surface area contributed by atoms with E-state index < -0.39 is 0 Å². The molecule has 0 radical (unpaired) electrons. The van der Waals surface area contributed by atoms with Gasteiger partial charge in [0.15, 0.2) is 0 Å². The molecule has 0 aliphatic heterocycles. The number of carbonyl (C=O) groups is 1. The first-order valence-corrected chi connectivity index (χ1v) is 8.21. The smallest absolute Gasteiger partial charge is 0.255 e. The predicted octanol–water partition coefficient (Wildman–Crippen LogP) is 5.73. The molecule has 3 rings (SSSR count). The van der Waals surface area contributed by atoms with E-state index >= 15 is 0 Å². The fraction of sp³-hybridized carbons (Fsp3) is 0.136. The Labute approximate surface area is 143 Å². The van der Waals surface area contributed by atoms with Crippen molar-refractivity contribution in [3.8, 4) is 11.1 Å². The minimum Gasteiger partial charge on any atom is -0.321 e. The Hall–Kier alpha value is -2.87. The zero-order valence-corrected chi connectivity index (χ0v) is 14.0. The molecule has 0 aliphatic carbocycles. The Balaban J connectivity index is 1.85. The van der Waals surface area contributed by atoms with Gasteiger partial charge in [0.2, 0.25) is 0 Å². The molecular weight excluding hydrogens is 294 g/mol. The average molecular weight is 315 g/mol. The fourth-order valence-corrected chi connectivity index (χ4v) is 2.68. The zero-order chi connectivity index (χ0) is 16.9. The molecule has 0 saturated heterocycles. The van der Waals surface area contributed by atoms with Crippen molar-refractivity contribution in [1.82, 2.24) is 0 Å². The average Bonchev–Trinajstić information content (AvgIpc) is 2.63. The van der Waals surface area contributed by atoms with Crippen molar-refractivity contribution in [3.05, 3.63) is 90.0 Å². The largest absolute Gasteiger partial charge is 0.321 e. The van der Waals surface area contributed by atoms with E-state index in [1.54, 1.807) is 0 Å². The van der Waals surface area contributed by atoms with Gasteiger partial charge in [0.1, 0.15) is 0 Å². The molecule has 0 aliphatic rings. The second kappa shape index (κ2) is 7.14. The highest BCUT2D eigenvalue weighted by molar-refractivity contribution is 6.06. The molecule has 0 fully saturated rings. The highest BCUT2D eigenvalue weighted by Gasteiger charge is 2.10. The molecule has 3 aromatic carbocycles. The highest BCUT2D eigenvalue weighted by Crippen LogP contribution is 2.28. The van der Waals surface area contributed by atoms with E-state index in [0.29, 0.717) is 11.5 Å². The molecule has 0 heterocycles. The van der Waals surface area contributed by atoms with Crippen LogP contribution in [0, 0.1) is 0 Å². The maximum Gasteiger partial charge on any atom is 0.255 e. The van der Waals surface area contributed by atoms with Crippen molar-refractivity contribution < 1.29 is 4.79 Å². The molecule has 120 valence electrons. The van der Waals surface area contributed by atoms with Crippen LogP contribution in [0.4, 0.5) is 5.69 Å². The summed E-state index contributed by atoms with van der Waals surface area (Å²) in [7, 11) is 0. The summed E-state index contributed by atoms with van der Waals surface area (Å²) in [5.74, 6) is 0.370. The molecule has 1 N–H and O–H groups in total. The first-order chi connectivity index (χ1) is 11.6. The summed E-state index contributed by atoms with van der Waals surface area (Å²) < 4.78 is 0. The molecule has 24 heavy (non-hydrogen) atoms. The normalized spacial score (nSPS) is 10.6. The van der Waals surface area contributed by atoms with E-state index in [9.17, 15) is 4.79 Å². The lowest BCUT2D eigenvalue weighted by Gasteiger charge is -2.12. The number of amides is 1. The maximum atomic E-state index is 12.6. The van der Waals surface area contributed by atoms with Gasteiger partial charge in [0, 0.05) is 16.8 Å². The molecule has 2 nitrogen and oxygen atoms in total. The Morgan fingerprint density at radius 2 is 1.42 bits per heavy atom. The third kappa shape index (κ3) is 3.54. The molecule has 3 aromatic rings. The van der Waals surface area contributed by atoms with Crippen molar-refractivity contribution in [1.29, 1.82) is 0 Å². The Morgan fingerprint density at radius 3 is 2.08 bits per heavy atom. The van der Waals surface area contributed by atoms with Gasteiger partial charge in [-0.05, 0) is 35.2 Å². The van der Waals surface area contributed by atoms with Crippen molar-refractivity contribution in [2.75, 3.05) is 5.32 Å². The summed E-state index contributed by atoms with van der Waals surface area (Å²) in [5, 5.41) is 3.04. The maximum absolute atomic E-state index is 12.6. The van der Waals surface area contributed by atoms with Crippen LogP contribution in [0.15, 0.2) is 78.9 Å². The van der Waals surface area contributed by atoms with Gasteiger partial charge in [0.05, 0.1) is 0 Å². The topological polar surface area (TPSA) is 29.1 Å². The van der Waals surface area contributed by atoms with Crippen LogP contribution in [0.5, 0.6) is 0 Å². The molecule has 0 atom stereocenters. The number of rotatable bonds is 4. The lowest BCUT2D eigenvalue weighted by molar-refractivity contribution is 0.102. The van der Waals surface area contributed by atoms with Crippen LogP contribution in [0.3, 0.4) is 0 Å². The first-order valence-electron chi connectivity index (χ1n) is 8.21. The van der Waals surface area contributed by atoms with Crippen molar-refractivity contribution in [2.45, 2.75) is 19.8 Å².